The highest BCUT2D eigenvalue weighted by Crippen LogP contribution is 2.18. The van der Waals surface area contributed by atoms with Gasteiger partial charge in [0.15, 0.2) is 23.2 Å². The molecule has 0 aromatic carbocycles. The van der Waals surface area contributed by atoms with Crippen molar-refractivity contribution in [3.63, 3.8) is 0 Å². The predicted octanol–water partition coefficient (Wildman–Crippen LogP) is 18.6. The fourth-order valence-corrected chi connectivity index (χ4v) is 9.22. The number of rotatable bonds is 17. The molecule has 1 fully saturated rings. The third kappa shape index (κ3) is 119. The van der Waals surface area contributed by atoms with Crippen molar-refractivity contribution in [3.05, 3.63) is 143 Å². The highest BCUT2D eigenvalue weighted by Gasteiger charge is 2.34. The molecule has 0 bridgehead atoms. The Bertz CT molecular complexity index is 3680. The second kappa shape index (κ2) is 152. The second-order valence-corrected chi connectivity index (χ2v) is 24.3. The van der Waals surface area contributed by atoms with Gasteiger partial charge in [-0.2, -0.15) is 2.86 Å². The number of aromatic amines is 1. The number of ketones is 1. The van der Waals surface area contributed by atoms with Crippen molar-refractivity contribution < 1.29 is 180 Å². The van der Waals surface area contributed by atoms with Gasteiger partial charge >= 0.3 is 46.7 Å². The largest absolute Gasteiger partial charge is 0.469 e. The van der Waals surface area contributed by atoms with E-state index in [0.717, 1.165) is 45.6 Å². The maximum absolute atomic E-state index is 12.0. The minimum Gasteiger partial charge on any atom is -0.469 e. The van der Waals surface area contributed by atoms with Crippen molar-refractivity contribution in [3.8, 4) is 24.2 Å². The number of Topliss-reactive ketones (excluding diaryl/α,β-unsaturated/α-hetero) is 1. The molecule has 0 saturated carbocycles. The van der Waals surface area contributed by atoms with Crippen LogP contribution in [-0.4, -0.2) is 155 Å². The lowest BCUT2D eigenvalue weighted by molar-refractivity contribution is -0.231. The topological polar surface area (TPSA) is 378 Å². The molecule has 131 heavy (non-hydrogen) atoms. The Morgan fingerprint density at radius 2 is 0.817 bits per heavy atom. The van der Waals surface area contributed by atoms with Crippen LogP contribution in [0.3, 0.4) is 0 Å². The first-order valence-electron chi connectivity index (χ1n) is 33.5. The molecule has 1 aliphatic heterocycles. The van der Waals surface area contributed by atoms with Gasteiger partial charge in [-0.3, -0.25) is 93.2 Å². The quantitative estimate of drug-likeness (QED) is 0.0111. The number of allylic oxidation sites excluding steroid dienone is 1. The third-order valence-corrected chi connectivity index (χ3v) is 14.2. The smallest absolute Gasteiger partial charge is 0.334 e. The first kappa shape index (κ1) is 190. The molecule has 1 aliphatic rings. The van der Waals surface area contributed by atoms with E-state index in [-0.39, 0.29) is 95.1 Å². The lowest BCUT2D eigenvalue weighted by Gasteiger charge is -2.28. The number of terminal acetylenes is 1. The van der Waals surface area contributed by atoms with E-state index < -0.39 is 29.7 Å². The summed E-state index contributed by atoms with van der Waals surface area (Å²) in [6.45, 7) is 43.5. The number of H-pyrrole nitrogens is 1. The van der Waals surface area contributed by atoms with E-state index in [1.54, 1.807) is 79.7 Å². The number of nitrogens with two attached hydrogens (primary N) is 1. The number of methoxy groups -OCH3 is 1. The number of nitrogens with zero attached hydrogens (tertiary/aromatic N) is 8. The highest BCUT2D eigenvalue weighted by molar-refractivity contribution is 14.1. The van der Waals surface area contributed by atoms with Gasteiger partial charge in [0, 0.05) is 230 Å². The molecule has 0 radical (unpaired) electrons. The summed E-state index contributed by atoms with van der Waals surface area (Å²) >= 11 is 5.47. The number of hydrogen-bond donors (Lipinski definition) is 4. The minimum atomic E-state index is -1.08. The highest BCUT2D eigenvalue weighted by atomic mass is 127. The van der Waals surface area contributed by atoms with Crippen molar-refractivity contribution in [2.45, 2.75) is 195 Å². The number of urea groups is 1. The number of aryl methyl sites for hydroxylation is 3. The number of carbonyl (C=O) groups excluding carboxylic acids is 6. The number of halogens is 31. The molecule has 4 aromatic rings. The Hall–Kier alpha value is -8.77. The van der Waals surface area contributed by atoms with Gasteiger partial charge in [0.1, 0.15) is 18.6 Å². The van der Waals surface area contributed by atoms with E-state index in [0.29, 0.717) is 114 Å². The standard InChI is InChI=1S/C10H18N3O2P.2C9H15N2O2P.C8H12N2O2.C6H8O4.C6H10O3.C5H4.C4H8.C3H5ClO.C3H8N2O.C2H7P.CH4O.CH4.12F2.FI.4FH/c1-5-12-9(14)6-8(7-11(2)3)13(16-4)10(12)15;2*1-4-7-6-8(12)10(5-2)9(13)11(7)14-3;1-3-6-5-7(11)10(4-2)8(12)9-6;1-6(2)9-4(7)3-5(8)10-6;1-3-5(7)4-6(8)9-2;1-3-5-4-2;1-4(2)3;1-2-3(4)5;1-2-5-3(4)6;1-3-2;1-2;;13*1-2;;;;/h6,16H,5,7H2,1-4H3;2*6,14H,4-5H2,1-3H3;5H,3-4H2,1-2H3,(H,9,12);3H2,1-2H3;3-4H2,1-2H3;1H,2H3;1H2,2-3H3;2H2,1H3;2H2,1H3,(H3,4,5,6);3H,1-2H3;2H,1H3;1H4;;;;;;;;;;;;;;4*1H. The number of esters is 3. The number of aliphatic hydroxyl groups excluding tert-OH is 1. The SMILES string of the molecule is C.C#CC#CC.C=C(C)C.CC1(C)OC(=O)CC(=O)O1.CCC(=O)CC(=O)OC.CCC(=O)Cl.CCNC(N)=O.CCc1cc(=O)n(CC)c(=O)[nH]1.CCc1cc(=O)n(CC)c(=O)n1PC.CCc1cc(=O)n(CC)c(=O)n1PC.CCn1c(=O)cc(CN(C)C)n(PC)c1=O.CO.CPC.F.F.F.F.FF.FF.FF.FF.FF.FF.FF.FF.FF.FF.FF.FF.FI. The fourth-order valence-electron chi connectivity index (χ4n) is 6.84. The van der Waals surface area contributed by atoms with Crippen molar-refractivity contribution in [1.82, 2.24) is 46.5 Å². The molecule has 3 atom stereocenters. The van der Waals surface area contributed by atoms with Gasteiger partial charge in [-0.25, -0.2) is 24.0 Å². The number of carbonyl (C=O) groups is 6. The molecule has 5 rings (SSSR count). The van der Waals surface area contributed by atoms with E-state index in [2.05, 4.69) is 67.9 Å². The molecule has 0 spiro atoms. The summed E-state index contributed by atoms with van der Waals surface area (Å²) in [5, 5.41) is 9.07. The van der Waals surface area contributed by atoms with Crippen molar-refractivity contribution in [2.24, 2.45) is 5.73 Å². The zero-order chi connectivity index (χ0) is 106. The Morgan fingerprint density at radius 3 is 0.977 bits per heavy atom. The molecular weight excluding hydrogens is 2080 g/mol. The van der Waals surface area contributed by atoms with Crippen LogP contribution >= 0.6 is 69.5 Å². The molecular formula is C67H122ClF29IN11O18P4. The molecule has 790 valence electrons. The maximum Gasteiger partial charge on any atom is 0.334 e. The third-order valence-electron chi connectivity index (χ3n) is 11.2. The molecule has 5 N–H and O–H groups in total. The summed E-state index contributed by atoms with van der Waals surface area (Å²) in [6.07, 6.45) is 7.29. The first-order valence-corrected chi connectivity index (χ1v) is 41.0. The van der Waals surface area contributed by atoms with E-state index in [9.17, 15) is 70.0 Å². The van der Waals surface area contributed by atoms with Gasteiger partial charge in [-0.15, -0.1) is 21.6 Å². The number of cyclic esters (lactones) is 2. The minimum absolute atomic E-state index is 0. The maximum atomic E-state index is 12.0. The summed E-state index contributed by atoms with van der Waals surface area (Å²) in [5.41, 5.74) is 7.24. The number of nitrogens with one attached hydrogen (secondary N) is 2. The normalized spacial score (nSPS) is 8.92. The average molecular weight is 2210 g/mol. The van der Waals surface area contributed by atoms with Crippen LogP contribution in [0.5, 0.6) is 0 Å². The summed E-state index contributed by atoms with van der Waals surface area (Å²) < 4.78 is 225. The van der Waals surface area contributed by atoms with Gasteiger partial charge < -0.3 is 40.3 Å². The van der Waals surface area contributed by atoms with Crippen LogP contribution < -0.4 is 56.0 Å². The number of amides is 2. The van der Waals surface area contributed by atoms with Crippen LogP contribution in [0.2, 0.25) is 0 Å². The van der Waals surface area contributed by atoms with Crippen molar-refractivity contribution in [1.29, 1.82) is 0 Å². The Labute approximate surface area is 762 Å². The first-order chi connectivity index (χ1) is 59.8. The van der Waals surface area contributed by atoms with Gasteiger partial charge in [0.05, 0.1) is 7.11 Å². The molecule has 3 unspecified atom stereocenters. The predicted molar refractivity (Wildman–Crippen MR) is 470 cm³/mol. The number of ether oxygens (including phenoxy) is 3. The van der Waals surface area contributed by atoms with Gasteiger partial charge in [-0.05, 0) is 172 Å². The van der Waals surface area contributed by atoms with Crippen LogP contribution in [0, 0.1) is 24.2 Å². The van der Waals surface area contributed by atoms with E-state index in [4.69, 9.17) is 133 Å². The van der Waals surface area contributed by atoms with Crippen LogP contribution in [0.4, 0.5) is 136 Å². The average Bonchev–Trinajstić information content (AvgIpc) is 0.807. The number of primary amides is 1. The molecule has 64 heteroatoms. The molecule has 29 nitrogen and oxygen atoms in total. The Morgan fingerprint density at radius 1 is 0.557 bits per heavy atom. The zero-order valence-corrected chi connectivity index (χ0v) is 81.6. The zero-order valence-electron chi connectivity index (χ0n) is 74.7. The van der Waals surface area contributed by atoms with Crippen LogP contribution in [0.15, 0.2) is 74.8 Å². The fraction of sp³-hybridized carbons (Fsp3) is 0.582. The molecule has 0 aliphatic carbocycles. The summed E-state index contributed by atoms with van der Waals surface area (Å²) in [4.78, 5) is 158. The summed E-state index contributed by atoms with van der Waals surface area (Å²) in [7, 11) is 8.27. The van der Waals surface area contributed by atoms with Gasteiger partial charge in [0.25, 0.3) is 28.0 Å². The van der Waals surface area contributed by atoms with Gasteiger partial charge in [0.2, 0.25) is 5.24 Å². The monoisotopic (exact) mass is 2210 g/mol. The van der Waals surface area contributed by atoms with Crippen molar-refractivity contribution >= 4 is 105 Å². The number of aromatic nitrogens is 8. The summed E-state index contributed by atoms with van der Waals surface area (Å²) in [5.74, 6) is 4.41. The number of aliphatic hydroxyl groups is 1. The van der Waals surface area contributed by atoms with E-state index in [1.165, 1.54) is 50.9 Å². The second-order valence-electron chi connectivity index (χ2n) is 20.2. The van der Waals surface area contributed by atoms with E-state index in [1.807, 2.05) is 80.5 Å². The number of hydrogen-bond acceptors (Lipinski definition) is 19. The van der Waals surface area contributed by atoms with Gasteiger partial charge in [-0.1, -0.05) is 53.5 Å². The lowest BCUT2D eigenvalue weighted by Crippen LogP contribution is -2.39. The Balaban J connectivity index is -0.0000000405. The lowest BCUT2D eigenvalue weighted by atomic mass is 10.2. The van der Waals surface area contributed by atoms with Crippen LogP contribution in [0.25, 0.3) is 0 Å². The van der Waals surface area contributed by atoms with E-state index >= 15 is 0 Å². The summed E-state index contributed by atoms with van der Waals surface area (Å²) in [6, 6.07) is 5.67. The van der Waals surface area contributed by atoms with Crippen molar-refractivity contribution in [2.75, 3.05) is 68.2 Å². The van der Waals surface area contributed by atoms with Crippen LogP contribution in [0.1, 0.15) is 160 Å². The van der Waals surface area contributed by atoms with Crippen LogP contribution in [-0.2, 0) is 90.2 Å². The molecule has 2 amide bonds. The Kier molecular flexibility index (Phi) is 221. The molecule has 1 saturated heterocycles. The molecule has 5 heterocycles. The molecule has 4 aromatic heterocycles.